The molecule has 1 fully saturated rings. The van der Waals surface area contributed by atoms with E-state index in [0.29, 0.717) is 12.0 Å². The number of thioether (sulfide) groups is 1. The Kier molecular flexibility index (Phi) is 5.28. The van der Waals surface area contributed by atoms with Gasteiger partial charge in [0.15, 0.2) is 0 Å². The van der Waals surface area contributed by atoms with Gasteiger partial charge in [-0.3, -0.25) is 4.79 Å². The van der Waals surface area contributed by atoms with Gasteiger partial charge in [-0.1, -0.05) is 6.07 Å². The van der Waals surface area contributed by atoms with Crippen molar-refractivity contribution < 1.29 is 38.6 Å². The lowest BCUT2D eigenvalue weighted by Gasteiger charge is -2.28. The van der Waals surface area contributed by atoms with Crippen molar-refractivity contribution in [2.75, 3.05) is 26.0 Å². The predicted molar refractivity (Wildman–Crippen MR) is 91.6 cm³/mol. The highest BCUT2D eigenvalue weighted by molar-refractivity contribution is 8.01. The Labute approximate surface area is 153 Å². The van der Waals surface area contributed by atoms with Crippen LogP contribution < -0.4 is 9.39 Å². The van der Waals surface area contributed by atoms with Crippen LogP contribution >= 0.6 is 11.8 Å². The van der Waals surface area contributed by atoms with Crippen molar-refractivity contribution >= 4 is 36.9 Å². The van der Waals surface area contributed by atoms with Crippen LogP contribution in [0.1, 0.15) is 15.9 Å². The second-order valence-electron chi connectivity index (χ2n) is 5.66. The van der Waals surface area contributed by atoms with Crippen LogP contribution in [0, 0.1) is 0 Å². The van der Waals surface area contributed by atoms with E-state index in [1.165, 1.54) is 13.2 Å². The number of hydrogen-bond donors (Lipinski definition) is 2. The third-order valence-electron chi connectivity index (χ3n) is 4.10. The van der Waals surface area contributed by atoms with Gasteiger partial charge in [-0.05, 0) is 18.1 Å². The number of ether oxygens (including phenoxy) is 2. The highest BCUT2D eigenvalue weighted by Gasteiger charge is 2.39. The summed E-state index contributed by atoms with van der Waals surface area (Å²) in [6, 6.07) is 3.19. The van der Waals surface area contributed by atoms with Gasteiger partial charge < -0.3 is 24.3 Å². The molecule has 1 aromatic carbocycles. The SMILES string of the molecule is COc1ccc2c(c1C(=O)O)OB(O)[C@@H](SCC(=O)N1CCOC1=O)C2. The number of carbonyl (C=O) groups excluding carboxylic acids is 2. The van der Waals surface area contributed by atoms with Gasteiger partial charge in [0.25, 0.3) is 0 Å². The number of nitrogens with zero attached hydrogens (tertiary/aromatic N) is 1. The highest BCUT2D eigenvalue weighted by Crippen LogP contribution is 2.38. The molecule has 2 heterocycles. The molecule has 2 amide bonds. The summed E-state index contributed by atoms with van der Waals surface area (Å²) in [6.45, 7) is 0.393. The van der Waals surface area contributed by atoms with Crippen molar-refractivity contribution in [2.24, 2.45) is 0 Å². The fourth-order valence-corrected chi connectivity index (χ4v) is 3.84. The van der Waals surface area contributed by atoms with Crippen LogP contribution in [0.25, 0.3) is 0 Å². The fraction of sp³-hybridized carbons (Fsp3) is 0.400. The number of benzene rings is 1. The van der Waals surface area contributed by atoms with Crippen LogP contribution in [0.2, 0.25) is 0 Å². The zero-order valence-electron chi connectivity index (χ0n) is 13.8. The number of carboxylic acid groups (broad SMARTS) is 1. The van der Waals surface area contributed by atoms with Crippen molar-refractivity contribution in [1.29, 1.82) is 0 Å². The highest BCUT2D eigenvalue weighted by atomic mass is 32.2. The topological polar surface area (TPSA) is 123 Å². The lowest BCUT2D eigenvalue weighted by atomic mass is 9.77. The molecule has 2 N–H and O–H groups in total. The summed E-state index contributed by atoms with van der Waals surface area (Å²) < 4.78 is 15.2. The Morgan fingerprint density at radius 3 is 2.85 bits per heavy atom. The van der Waals surface area contributed by atoms with E-state index in [0.717, 1.165) is 16.7 Å². The smallest absolute Gasteiger partial charge is 0.534 e. The Balaban J connectivity index is 1.72. The first-order chi connectivity index (χ1) is 12.4. The number of cyclic esters (lactones) is 1. The molecule has 0 spiro atoms. The number of methoxy groups -OCH3 is 1. The molecular formula is C15H16BNO8S. The molecule has 0 aliphatic carbocycles. The molecule has 0 radical (unpaired) electrons. The van der Waals surface area contributed by atoms with Gasteiger partial charge in [-0.15, -0.1) is 11.8 Å². The lowest BCUT2D eigenvalue weighted by Crippen LogP contribution is -2.42. The number of amides is 2. The minimum Gasteiger partial charge on any atom is -0.534 e. The monoisotopic (exact) mass is 381 g/mol. The van der Waals surface area contributed by atoms with Gasteiger partial charge in [0.2, 0.25) is 5.91 Å². The quantitative estimate of drug-likeness (QED) is 0.699. The van der Waals surface area contributed by atoms with Crippen molar-refractivity contribution in [3.63, 3.8) is 0 Å². The molecule has 11 heteroatoms. The average molecular weight is 381 g/mol. The molecule has 26 heavy (non-hydrogen) atoms. The Bertz CT molecular complexity index is 757. The summed E-state index contributed by atoms with van der Waals surface area (Å²) in [7, 11) is 0.0529. The molecule has 1 saturated heterocycles. The van der Waals surface area contributed by atoms with Gasteiger partial charge in [0, 0.05) is 0 Å². The third-order valence-corrected chi connectivity index (χ3v) is 5.34. The van der Waals surface area contributed by atoms with E-state index in [1.807, 2.05) is 0 Å². The van der Waals surface area contributed by atoms with E-state index in [9.17, 15) is 24.5 Å². The Hall–Kier alpha value is -2.40. The van der Waals surface area contributed by atoms with Gasteiger partial charge in [0.1, 0.15) is 23.7 Å². The van der Waals surface area contributed by atoms with Crippen molar-refractivity contribution in [3.05, 3.63) is 23.3 Å². The van der Waals surface area contributed by atoms with Crippen molar-refractivity contribution in [2.45, 2.75) is 11.6 Å². The molecule has 3 rings (SSSR count). The Morgan fingerprint density at radius 1 is 1.46 bits per heavy atom. The summed E-state index contributed by atoms with van der Waals surface area (Å²) >= 11 is 1.14. The minimum absolute atomic E-state index is 0.0303. The zero-order valence-corrected chi connectivity index (χ0v) is 14.7. The molecule has 138 valence electrons. The van der Waals surface area contributed by atoms with Gasteiger partial charge in [0.05, 0.1) is 24.6 Å². The molecule has 1 atom stereocenters. The summed E-state index contributed by atoms with van der Waals surface area (Å²) in [4.78, 5) is 36.0. The van der Waals surface area contributed by atoms with E-state index in [4.69, 9.17) is 14.1 Å². The van der Waals surface area contributed by atoms with E-state index < -0.39 is 30.2 Å². The maximum Gasteiger partial charge on any atom is 0.536 e. The van der Waals surface area contributed by atoms with E-state index in [2.05, 4.69) is 0 Å². The minimum atomic E-state index is -1.30. The van der Waals surface area contributed by atoms with Crippen molar-refractivity contribution in [3.8, 4) is 11.5 Å². The second kappa shape index (κ2) is 7.46. The summed E-state index contributed by atoms with van der Waals surface area (Å²) in [5.74, 6) is -1.46. The van der Waals surface area contributed by atoms with Crippen LogP contribution in [0.4, 0.5) is 4.79 Å². The zero-order chi connectivity index (χ0) is 18.8. The van der Waals surface area contributed by atoms with E-state index in [-0.39, 0.29) is 36.0 Å². The van der Waals surface area contributed by atoms with Crippen LogP contribution in [-0.2, 0) is 16.0 Å². The van der Waals surface area contributed by atoms with Crippen LogP contribution in [0.5, 0.6) is 11.5 Å². The first kappa shape index (κ1) is 18.4. The van der Waals surface area contributed by atoms with E-state index >= 15 is 0 Å². The molecule has 9 nitrogen and oxygen atoms in total. The molecule has 2 aliphatic rings. The first-order valence-electron chi connectivity index (χ1n) is 7.79. The molecule has 0 saturated carbocycles. The lowest BCUT2D eigenvalue weighted by molar-refractivity contribution is -0.125. The number of carbonyl (C=O) groups is 3. The maximum absolute atomic E-state index is 12.1. The average Bonchev–Trinajstić information content (AvgIpc) is 3.04. The summed E-state index contributed by atoms with van der Waals surface area (Å²) in [5.41, 5.74) is 0.447. The number of carboxylic acids is 1. The molecule has 0 aromatic heterocycles. The molecule has 0 bridgehead atoms. The van der Waals surface area contributed by atoms with Gasteiger partial charge in [-0.25, -0.2) is 14.5 Å². The van der Waals surface area contributed by atoms with Crippen molar-refractivity contribution in [1.82, 2.24) is 4.90 Å². The molecular weight excluding hydrogens is 365 g/mol. The van der Waals surface area contributed by atoms with Gasteiger partial charge >= 0.3 is 19.2 Å². The van der Waals surface area contributed by atoms with E-state index in [1.54, 1.807) is 6.07 Å². The largest absolute Gasteiger partial charge is 0.536 e. The second-order valence-corrected chi connectivity index (χ2v) is 6.89. The number of hydrogen-bond acceptors (Lipinski definition) is 8. The standard InChI is InChI=1S/C15H16BNO8S/c1-23-9-3-2-8-6-10(16(22)25-13(8)12(9)14(19)20)26-7-11(18)17-4-5-24-15(17)21/h2-3,10,22H,4-7H2,1H3,(H,19,20)/t10-/m0/s1. The molecule has 1 aromatic rings. The maximum atomic E-state index is 12.1. The number of rotatable bonds is 5. The normalized spacial score (nSPS) is 18.8. The van der Waals surface area contributed by atoms with Crippen LogP contribution in [0.3, 0.4) is 0 Å². The third kappa shape index (κ3) is 3.44. The van der Waals surface area contributed by atoms with Crippen LogP contribution in [-0.4, -0.2) is 71.3 Å². The van der Waals surface area contributed by atoms with Gasteiger partial charge in [-0.2, -0.15) is 0 Å². The number of imide groups is 1. The van der Waals surface area contributed by atoms with Crippen LogP contribution in [0.15, 0.2) is 12.1 Å². The fourth-order valence-electron chi connectivity index (χ4n) is 2.81. The Morgan fingerprint density at radius 2 is 2.23 bits per heavy atom. The number of fused-ring (bicyclic) bond motifs is 1. The predicted octanol–water partition coefficient (Wildman–Crippen LogP) is 0.429. The summed E-state index contributed by atoms with van der Waals surface area (Å²) in [6.07, 6.45) is -0.358. The molecule has 2 aliphatic heterocycles. The first-order valence-corrected chi connectivity index (χ1v) is 8.84. The summed E-state index contributed by atoms with van der Waals surface area (Å²) in [5, 5.41) is 19.1. The number of aromatic carboxylic acids is 1. The molecule has 0 unspecified atom stereocenters.